The summed E-state index contributed by atoms with van der Waals surface area (Å²) in [5.41, 5.74) is 4.37. The molecule has 3 heterocycles. The Labute approximate surface area is 237 Å². The normalized spacial score (nSPS) is 12.8. The second kappa shape index (κ2) is 11.4. The van der Waals surface area contributed by atoms with Gasteiger partial charge in [-0.25, -0.2) is 9.18 Å². The number of rotatable bonds is 6. The van der Waals surface area contributed by atoms with Crippen molar-refractivity contribution in [1.82, 2.24) is 25.4 Å². The van der Waals surface area contributed by atoms with Crippen molar-refractivity contribution in [3.63, 3.8) is 0 Å². The summed E-state index contributed by atoms with van der Waals surface area (Å²) in [5.74, 6) is -0.545. The Morgan fingerprint density at radius 2 is 1.78 bits per heavy atom. The van der Waals surface area contributed by atoms with Gasteiger partial charge in [0.25, 0.3) is 5.91 Å². The highest BCUT2D eigenvalue weighted by atomic mass is 19.1. The zero-order valence-corrected chi connectivity index (χ0v) is 23.3. The average molecular weight is 558 g/mol. The van der Waals surface area contributed by atoms with Gasteiger partial charge in [0, 0.05) is 43.7 Å². The number of hydrogen-bond acceptors (Lipinski definition) is 6. The molecular formula is C30H32FN7O3. The van der Waals surface area contributed by atoms with Crippen molar-refractivity contribution >= 4 is 23.3 Å². The SMILES string of the molecule is CNC(=O)c1cc(Oc2ccc(NC(=O)Nc3cn(C(C)(C)C)nc3-c3ccc4c(c3)CCNC4)c(F)c2)ccn1. The molecule has 0 spiro atoms. The van der Waals surface area contributed by atoms with E-state index in [0.717, 1.165) is 31.1 Å². The van der Waals surface area contributed by atoms with Crippen LogP contribution in [0.3, 0.4) is 0 Å². The maximum Gasteiger partial charge on any atom is 0.323 e. The number of ether oxygens (including phenoxy) is 1. The molecule has 1 aliphatic heterocycles. The fraction of sp³-hybridized carbons (Fsp3) is 0.267. The molecule has 0 saturated carbocycles. The van der Waals surface area contributed by atoms with Crippen LogP contribution >= 0.6 is 0 Å². The Bertz CT molecular complexity index is 1610. The van der Waals surface area contributed by atoms with Gasteiger partial charge in [0.05, 0.1) is 16.9 Å². The monoisotopic (exact) mass is 557 g/mol. The Balaban J connectivity index is 1.33. The standard InChI is InChI=1S/C30H32FN7O3/c1-30(2,3)38-17-26(27(37-38)19-5-6-20-16-33-11-9-18(20)13-19)36-29(40)35-24-8-7-21(14-23(24)31)41-22-10-12-34-25(15-22)28(39)32-4/h5-8,10,12-15,17,33H,9,11,16H2,1-4H3,(H,32,39)(H2,35,36,40). The topological polar surface area (TPSA) is 122 Å². The highest BCUT2D eigenvalue weighted by molar-refractivity contribution is 6.02. The largest absolute Gasteiger partial charge is 0.457 e. The molecule has 0 bridgehead atoms. The number of benzene rings is 2. The van der Waals surface area contributed by atoms with E-state index in [1.54, 1.807) is 16.9 Å². The third kappa shape index (κ3) is 6.36. The molecule has 4 aromatic rings. The Morgan fingerprint density at radius 1 is 1.00 bits per heavy atom. The first-order valence-corrected chi connectivity index (χ1v) is 13.3. The van der Waals surface area contributed by atoms with Crippen LogP contribution in [-0.4, -0.2) is 40.3 Å². The van der Waals surface area contributed by atoms with Crippen LogP contribution in [-0.2, 0) is 18.5 Å². The fourth-order valence-corrected chi connectivity index (χ4v) is 4.45. The summed E-state index contributed by atoms with van der Waals surface area (Å²) < 4.78 is 22.4. The van der Waals surface area contributed by atoms with E-state index in [4.69, 9.17) is 9.84 Å². The number of urea groups is 1. The van der Waals surface area contributed by atoms with Gasteiger partial charge in [0.2, 0.25) is 0 Å². The van der Waals surface area contributed by atoms with Crippen LogP contribution in [0.15, 0.2) is 60.9 Å². The number of nitrogens with zero attached hydrogens (tertiary/aromatic N) is 3. The van der Waals surface area contributed by atoms with Crippen LogP contribution in [0, 0.1) is 5.82 Å². The summed E-state index contributed by atoms with van der Waals surface area (Å²) in [4.78, 5) is 28.8. The van der Waals surface area contributed by atoms with E-state index in [2.05, 4.69) is 38.4 Å². The first-order chi connectivity index (χ1) is 19.6. The number of halogens is 1. The minimum Gasteiger partial charge on any atom is -0.457 e. The lowest BCUT2D eigenvalue weighted by Gasteiger charge is -2.19. The minimum atomic E-state index is -0.688. The molecule has 5 rings (SSSR count). The number of carbonyl (C=O) groups is 2. The Hall–Kier alpha value is -4.77. The molecule has 4 N–H and O–H groups in total. The van der Waals surface area contributed by atoms with Crippen molar-refractivity contribution in [2.45, 2.75) is 39.3 Å². The molecule has 41 heavy (non-hydrogen) atoms. The molecular weight excluding hydrogens is 525 g/mol. The van der Waals surface area contributed by atoms with Crippen LogP contribution < -0.4 is 26.0 Å². The van der Waals surface area contributed by atoms with Crippen LogP contribution in [0.1, 0.15) is 42.4 Å². The van der Waals surface area contributed by atoms with E-state index in [1.165, 1.54) is 42.6 Å². The lowest BCUT2D eigenvalue weighted by molar-refractivity contribution is 0.0957. The Kier molecular flexibility index (Phi) is 7.71. The number of anilines is 2. The zero-order valence-electron chi connectivity index (χ0n) is 23.3. The van der Waals surface area contributed by atoms with Crippen molar-refractivity contribution in [2.24, 2.45) is 0 Å². The number of carbonyl (C=O) groups excluding carboxylic acids is 2. The molecule has 0 unspecified atom stereocenters. The molecule has 2 aromatic carbocycles. The quantitative estimate of drug-likeness (QED) is 0.256. The van der Waals surface area contributed by atoms with E-state index < -0.39 is 11.8 Å². The minimum absolute atomic E-state index is 0.0262. The van der Waals surface area contributed by atoms with Gasteiger partial charge in [0.15, 0.2) is 0 Å². The van der Waals surface area contributed by atoms with Gasteiger partial charge >= 0.3 is 6.03 Å². The van der Waals surface area contributed by atoms with Crippen molar-refractivity contribution in [1.29, 1.82) is 0 Å². The molecule has 0 aliphatic carbocycles. The molecule has 11 heteroatoms. The molecule has 3 amide bonds. The van der Waals surface area contributed by atoms with Crippen LogP contribution in [0.25, 0.3) is 11.3 Å². The van der Waals surface area contributed by atoms with Gasteiger partial charge in [-0.05, 0) is 69.1 Å². The van der Waals surface area contributed by atoms with Crippen LogP contribution in [0.5, 0.6) is 11.5 Å². The van der Waals surface area contributed by atoms with Crippen molar-refractivity contribution in [3.05, 3.63) is 83.6 Å². The third-order valence-electron chi connectivity index (χ3n) is 6.63. The number of hydrogen-bond donors (Lipinski definition) is 4. The second-order valence-electron chi connectivity index (χ2n) is 10.7. The van der Waals surface area contributed by atoms with E-state index in [0.29, 0.717) is 17.1 Å². The molecule has 1 aliphatic rings. The fourth-order valence-electron chi connectivity index (χ4n) is 4.45. The number of aromatic nitrogens is 3. The zero-order chi connectivity index (χ0) is 29.1. The van der Waals surface area contributed by atoms with E-state index in [1.807, 2.05) is 26.8 Å². The maximum absolute atomic E-state index is 15.0. The Morgan fingerprint density at radius 3 is 2.54 bits per heavy atom. The van der Waals surface area contributed by atoms with Gasteiger partial charge in [-0.2, -0.15) is 5.10 Å². The number of pyridine rings is 1. The summed E-state index contributed by atoms with van der Waals surface area (Å²) in [6, 6.07) is 12.7. The molecule has 0 fully saturated rings. The van der Waals surface area contributed by atoms with Crippen LogP contribution in [0.2, 0.25) is 0 Å². The highest BCUT2D eigenvalue weighted by Crippen LogP contribution is 2.32. The number of nitrogens with one attached hydrogen (secondary N) is 4. The van der Waals surface area contributed by atoms with E-state index in [9.17, 15) is 14.0 Å². The first-order valence-electron chi connectivity index (χ1n) is 13.3. The summed E-state index contributed by atoms with van der Waals surface area (Å²) >= 11 is 0. The van der Waals surface area contributed by atoms with Crippen molar-refractivity contribution < 1.29 is 18.7 Å². The number of amides is 3. The lowest BCUT2D eigenvalue weighted by atomic mass is 9.97. The van der Waals surface area contributed by atoms with Gasteiger partial charge in [-0.15, -0.1) is 0 Å². The summed E-state index contributed by atoms with van der Waals surface area (Å²) in [5, 5.41) is 16.1. The van der Waals surface area contributed by atoms with Gasteiger partial charge in [0.1, 0.15) is 28.7 Å². The molecule has 0 saturated heterocycles. The van der Waals surface area contributed by atoms with Crippen LogP contribution in [0.4, 0.5) is 20.6 Å². The average Bonchev–Trinajstić information content (AvgIpc) is 3.38. The second-order valence-corrected chi connectivity index (χ2v) is 10.7. The van der Waals surface area contributed by atoms with Gasteiger partial charge < -0.3 is 26.0 Å². The van der Waals surface area contributed by atoms with E-state index >= 15 is 0 Å². The van der Waals surface area contributed by atoms with Crippen molar-refractivity contribution in [2.75, 3.05) is 24.2 Å². The van der Waals surface area contributed by atoms with Crippen molar-refractivity contribution in [3.8, 4) is 22.8 Å². The molecule has 0 atom stereocenters. The maximum atomic E-state index is 15.0. The molecule has 10 nitrogen and oxygen atoms in total. The predicted molar refractivity (Wildman–Crippen MR) is 155 cm³/mol. The first kappa shape index (κ1) is 27.8. The molecule has 0 radical (unpaired) electrons. The number of fused-ring (bicyclic) bond motifs is 1. The molecule has 2 aromatic heterocycles. The van der Waals surface area contributed by atoms with E-state index in [-0.39, 0.29) is 28.6 Å². The van der Waals surface area contributed by atoms with Gasteiger partial charge in [-0.3, -0.25) is 14.5 Å². The molecule has 212 valence electrons. The summed E-state index contributed by atoms with van der Waals surface area (Å²) in [7, 11) is 1.50. The lowest BCUT2D eigenvalue weighted by Crippen LogP contribution is -2.23. The third-order valence-corrected chi connectivity index (χ3v) is 6.63. The highest BCUT2D eigenvalue weighted by Gasteiger charge is 2.22. The predicted octanol–water partition coefficient (Wildman–Crippen LogP) is 5.28. The summed E-state index contributed by atoms with van der Waals surface area (Å²) in [6.07, 6.45) is 4.13. The smallest absolute Gasteiger partial charge is 0.323 e. The van der Waals surface area contributed by atoms with Gasteiger partial charge in [-0.1, -0.05) is 12.1 Å². The summed E-state index contributed by atoms with van der Waals surface area (Å²) in [6.45, 7) is 7.81.